The number of anilines is 2. The summed E-state index contributed by atoms with van der Waals surface area (Å²) in [4.78, 5) is 23.5. The summed E-state index contributed by atoms with van der Waals surface area (Å²) in [6.07, 6.45) is 0. The van der Waals surface area contributed by atoms with Gasteiger partial charge in [0, 0.05) is 17.4 Å². The van der Waals surface area contributed by atoms with Gasteiger partial charge in [-0.2, -0.15) is 5.10 Å². The van der Waals surface area contributed by atoms with Crippen LogP contribution in [0.4, 0.5) is 11.4 Å². The van der Waals surface area contributed by atoms with Crippen molar-refractivity contribution in [3.8, 4) is 0 Å². The van der Waals surface area contributed by atoms with Crippen molar-refractivity contribution < 1.29 is 4.79 Å². The van der Waals surface area contributed by atoms with Crippen LogP contribution in [0.3, 0.4) is 0 Å². The van der Waals surface area contributed by atoms with E-state index in [0.717, 1.165) is 10.2 Å². The van der Waals surface area contributed by atoms with Crippen LogP contribution in [0.1, 0.15) is 11.3 Å². The first kappa shape index (κ1) is 13.8. The van der Waals surface area contributed by atoms with Gasteiger partial charge in [-0.1, -0.05) is 6.07 Å². The summed E-state index contributed by atoms with van der Waals surface area (Å²) in [5.74, 6) is -0.320. The lowest BCUT2D eigenvalue weighted by Gasteiger charge is -2.10. The molecule has 0 bridgehead atoms. The molecule has 6 heteroatoms. The molecule has 1 amide bonds. The molecule has 1 aromatic carbocycles. The maximum absolute atomic E-state index is 12.0. The zero-order valence-electron chi connectivity index (χ0n) is 11.4. The van der Waals surface area contributed by atoms with E-state index in [1.54, 1.807) is 25.1 Å². The first-order valence-electron chi connectivity index (χ1n) is 6.16. The SMILES string of the molecule is Cc1ccc(=O)n(CC(=O)Nc2cc(N)ccc2C)n1. The predicted molar refractivity (Wildman–Crippen MR) is 77.5 cm³/mol. The van der Waals surface area contributed by atoms with Gasteiger partial charge in [0.2, 0.25) is 5.91 Å². The summed E-state index contributed by atoms with van der Waals surface area (Å²) in [5.41, 5.74) is 8.15. The van der Waals surface area contributed by atoms with Gasteiger partial charge in [0.05, 0.1) is 5.69 Å². The van der Waals surface area contributed by atoms with Gasteiger partial charge in [-0.05, 0) is 37.6 Å². The third kappa shape index (κ3) is 3.23. The zero-order chi connectivity index (χ0) is 14.7. The number of benzene rings is 1. The molecule has 104 valence electrons. The molecule has 0 saturated heterocycles. The average molecular weight is 272 g/mol. The van der Waals surface area contributed by atoms with Gasteiger partial charge in [-0.15, -0.1) is 0 Å². The largest absolute Gasteiger partial charge is 0.399 e. The summed E-state index contributed by atoms with van der Waals surface area (Å²) in [6, 6.07) is 8.26. The molecule has 6 nitrogen and oxygen atoms in total. The fourth-order valence-electron chi connectivity index (χ4n) is 1.76. The number of aryl methyl sites for hydroxylation is 2. The number of hydrogen-bond donors (Lipinski definition) is 2. The number of hydrogen-bond acceptors (Lipinski definition) is 4. The van der Waals surface area contributed by atoms with Crippen LogP contribution < -0.4 is 16.6 Å². The lowest BCUT2D eigenvalue weighted by Crippen LogP contribution is -2.29. The Morgan fingerprint density at radius 1 is 1.30 bits per heavy atom. The third-order valence-corrected chi connectivity index (χ3v) is 2.83. The minimum absolute atomic E-state index is 0.130. The lowest BCUT2D eigenvalue weighted by atomic mass is 10.2. The standard InChI is InChI=1S/C14H16N4O2/c1-9-3-5-11(15)7-12(9)16-13(19)8-18-14(20)6-4-10(2)17-18/h3-7H,8,15H2,1-2H3,(H,16,19). The van der Waals surface area contributed by atoms with Crippen molar-refractivity contribution in [2.75, 3.05) is 11.1 Å². The number of carbonyl (C=O) groups is 1. The third-order valence-electron chi connectivity index (χ3n) is 2.83. The highest BCUT2D eigenvalue weighted by atomic mass is 16.2. The fraction of sp³-hybridized carbons (Fsp3) is 0.214. The van der Waals surface area contributed by atoms with Gasteiger partial charge in [0.1, 0.15) is 6.54 Å². The maximum atomic E-state index is 12.0. The zero-order valence-corrected chi connectivity index (χ0v) is 11.4. The maximum Gasteiger partial charge on any atom is 0.267 e. The first-order valence-corrected chi connectivity index (χ1v) is 6.16. The Bertz CT molecular complexity index is 707. The molecule has 0 aliphatic carbocycles. The van der Waals surface area contributed by atoms with Crippen molar-refractivity contribution in [1.29, 1.82) is 0 Å². The molecule has 0 atom stereocenters. The van der Waals surface area contributed by atoms with Crippen LogP contribution >= 0.6 is 0 Å². The summed E-state index contributed by atoms with van der Waals surface area (Å²) < 4.78 is 1.13. The molecule has 0 aliphatic rings. The Morgan fingerprint density at radius 3 is 2.80 bits per heavy atom. The molecule has 0 spiro atoms. The molecular weight excluding hydrogens is 256 g/mol. The normalized spacial score (nSPS) is 10.3. The second-order valence-electron chi connectivity index (χ2n) is 4.59. The number of nitrogens with two attached hydrogens (primary N) is 1. The number of aromatic nitrogens is 2. The topological polar surface area (TPSA) is 90.0 Å². The Labute approximate surface area is 116 Å². The number of amides is 1. The Balaban J connectivity index is 2.15. The molecule has 3 N–H and O–H groups in total. The molecule has 1 aromatic heterocycles. The molecule has 2 aromatic rings. The van der Waals surface area contributed by atoms with E-state index in [2.05, 4.69) is 10.4 Å². The van der Waals surface area contributed by atoms with Crippen LogP contribution in [0.5, 0.6) is 0 Å². The van der Waals surface area contributed by atoms with Crippen LogP contribution in [-0.4, -0.2) is 15.7 Å². The smallest absolute Gasteiger partial charge is 0.267 e. The van der Waals surface area contributed by atoms with Crippen molar-refractivity contribution in [2.45, 2.75) is 20.4 Å². The Kier molecular flexibility index (Phi) is 3.84. The van der Waals surface area contributed by atoms with Crippen molar-refractivity contribution in [3.05, 3.63) is 51.9 Å². The first-order chi connectivity index (χ1) is 9.45. The Hall–Kier alpha value is -2.63. The minimum Gasteiger partial charge on any atom is -0.399 e. The van der Waals surface area contributed by atoms with E-state index < -0.39 is 0 Å². The summed E-state index contributed by atoms with van der Waals surface area (Å²) in [7, 11) is 0. The molecule has 0 fully saturated rings. The number of nitrogens with zero attached hydrogens (tertiary/aromatic N) is 2. The van der Waals surface area contributed by atoms with Gasteiger partial charge in [-0.3, -0.25) is 9.59 Å². The van der Waals surface area contributed by atoms with E-state index in [1.807, 2.05) is 13.0 Å². The van der Waals surface area contributed by atoms with Gasteiger partial charge < -0.3 is 11.1 Å². The quantitative estimate of drug-likeness (QED) is 0.818. The van der Waals surface area contributed by atoms with E-state index >= 15 is 0 Å². The van der Waals surface area contributed by atoms with Crippen molar-refractivity contribution >= 4 is 17.3 Å². The highest BCUT2D eigenvalue weighted by molar-refractivity contribution is 5.91. The van der Waals surface area contributed by atoms with E-state index in [4.69, 9.17) is 5.73 Å². The van der Waals surface area contributed by atoms with E-state index in [1.165, 1.54) is 6.07 Å². The van der Waals surface area contributed by atoms with Crippen LogP contribution in [0, 0.1) is 13.8 Å². The number of rotatable bonds is 3. The predicted octanol–water partition coefficient (Wildman–Crippen LogP) is 1.08. The monoisotopic (exact) mass is 272 g/mol. The van der Waals surface area contributed by atoms with E-state index in [-0.39, 0.29) is 18.0 Å². The molecule has 0 radical (unpaired) electrons. The van der Waals surface area contributed by atoms with Crippen LogP contribution in [0.15, 0.2) is 35.1 Å². The second kappa shape index (κ2) is 5.56. The van der Waals surface area contributed by atoms with Crippen molar-refractivity contribution in [2.24, 2.45) is 0 Å². The highest BCUT2D eigenvalue weighted by Crippen LogP contribution is 2.17. The fourth-order valence-corrected chi connectivity index (χ4v) is 1.76. The van der Waals surface area contributed by atoms with E-state index in [9.17, 15) is 9.59 Å². The lowest BCUT2D eigenvalue weighted by molar-refractivity contribution is -0.117. The van der Waals surface area contributed by atoms with Crippen molar-refractivity contribution in [1.82, 2.24) is 9.78 Å². The molecule has 0 aliphatic heterocycles. The van der Waals surface area contributed by atoms with Gasteiger partial charge >= 0.3 is 0 Å². The molecule has 1 heterocycles. The van der Waals surface area contributed by atoms with E-state index in [0.29, 0.717) is 17.1 Å². The van der Waals surface area contributed by atoms with Crippen LogP contribution in [-0.2, 0) is 11.3 Å². The number of nitrogens with one attached hydrogen (secondary N) is 1. The van der Waals surface area contributed by atoms with Gasteiger partial charge in [-0.25, -0.2) is 4.68 Å². The molecular formula is C14H16N4O2. The van der Waals surface area contributed by atoms with Crippen LogP contribution in [0.2, 0.25) is 0 Å². The summed E-state index contributed by atoms with van der Waals surface area (Å²) in [6.45, 7) is 3.50. The van der Waals surface area contributed by atoms with Crippen molar-refractivity contribution in [3.63, 3.8) is 0 Å². The Morgan fingerprint density at radius 2 is 2.05 bits per heavy atom. The minimum atomic E-state index is -0.320. The van der Waals surface area contributed by atoms with Gasteiger partial charge in [0.15, 0.2) is 0 Å². The number of carbonyl (C=O) groups excluding carboxylic acids is 1. The average Bonchev–Trinajstić information content (AvgIpc) is 2.38. The second-order valence-corrected chi connectivity index (χ2v) is 4.59. The number of nitrogen functional groups attached to an aromatic ring is 1. The molecule has 20 heavy (non-hydrogen) atoms. The molecule has 0 unspecified atom stereocenters. The van der Waals surface area contributed by atoms with Gasteiger partial charge in [0.25, 0.3) is 5.56 Å². The summed E-state index contributed by atoms with van der Waals surface area (Å²) in [5, 5.41) is 6.74. The molecule has 2 rings (SSSR count). The summed E-state index contributed by atoms with van der Waals surface area (Å²) >= 11 is 0. The molecule has 0 saturated carbocycles. The highest BCUT2D eigenvalue weighted by Gasteiger charge is 2.08. The van der Waals surface area contributed by atoms with Crippen LogP contribution in [0.25, 0.3) is 0 Å².